The van der Waals surface area contributed by atoms with Gasteiger partial charge in [0.2, 0.25) is 0 Å². The van der Waals surface area contributed by atoms with Crippen molar-refractivity contribution in [3.05, 3.63) is 35.4 Å². The topological polar surface area (TPSA) is 17.1 Å². The highest BCUT2D eigenvalue weighted by Gasteiger charge is 2.51. The summed E-state index contributed by atoms with van der Waals surface area (Å²) in [5, 5.41) is 0. The molecular formula is C25H36OS. The van der Waals surface area contributed by atoms with E-state index in [9.17, 15) is 4.79 Å². The normalized spacial score (nSPS) is 38.1. The lowest BCUT2D eigenvalue weighted by Gasteiger charge is -2.57. The largest absolute Gasteiger partial charge is 0.293 e. The fourth-order valence-corrected chi connectivity index (χ4v) is 10.9. The van der Waals surface area contributed by atoms with E-state index in [1.165, 1.54) is 68.4 Å². The molecule has 148 valence electrons. The molecule has 1 heterocycles. The van der Waals surface area contributed by atoms with Crippen molar-refractivity contribution < 1.29 is 4.79 Å². The van der Waals surface area contributed by atoms with Crippen molar-refractivity contribution in [1.29, 1.82) is 0 Å². The predicted octanol–water partition coefficient (Wildman–Crippen LogP) is 6.34. The van der Waals surface area contributed by atoms with Gasteiger partial charge in [-0.1, -0.05) is 24.3 Å². The van der Waals surface area contributed by atoms with Gasteiger partial charge in [-0.15, -0.1) is 0 Å². The van der Waals surface area contributed by atoms with Gasteiger partial charge in [0.1, 0.15) is 0 Å². The van der Waals surface area contributed by atoms with Crippen LogP contribution in [-0.2, 0) is 5.41 Å². The summed E-state index contributed by atoms with van der Waals surface area (Å²) >= 11 is 0. The van der Waals surface area contributed by atoms with Crippen molar-refractivity contribution in [3.8, 4) is 0 Å². The second-order valence-electron chi connectivity index (χ2n) is 11.0. The summed E-state index contributed by atoms with van der Waals surface area (Å²) in [7, 11) is -0.826. The first kappa shape index (κ1) is 18.3. The van der Waals surface area contributed by atoms with E-state index >= 15 is 0 Å². The smallest absolute Gasteiger partial charge is 0.176 e. The van der Waals surface area contributed by atoms with E-state index in [0.29, 0.717) is 11.2 Å². The highest BCUT2D eigenvalue weighted by Crippen LogP contribution is 2.62. The lowest BCUT2D eigenvalue weighted by molar-refractivity contribution is -0.00519. The maximum absolute atomic E-state index is 13.4. The number of hydrogen-bond acceptors (Lipinski definition) is 1. The number of benzene rings is 1. The number of rotatable bonds is 4. The van der Waals surface area contributed by atoms with E-state index in [2.05, 4.69) is 44.4 Å². The van der Waals surface area contributed by atoms with Crippen LogP contribution < -0.4 is 0 Å². The fourth-order valence-electron chi connectivity index (χ4n) is 7.46. The molecule has 0 atom stereocenters. The molecule has 0 aromatic heterocycles. The lowest BCUT2D eigenvalue weighted by atomic mass is 9.48. The first-order valence-electron chi connectivity index (χ1n) is 11.2. The molecule has 0 N–H and O–H groups in total. The van der Waals surface area contributed by atoms with Crippen molar-refractivity contribution in [3.63, 3.8) is 0 Å². The minimum Gasteiger partial charge on any atom is -0.293 e. The first-order chi connectivity index (χ1) is 12.8. The van der Waals surface area contributed by atoms with E-state index in [4.69, 9.17) is 0 Å². The zero-order chi connectivity index (χ0) is 18.9. The van der Waals surface area contributed by atoms with Crippen LogP contribution in [-0.4, -0.2) is 28.3 Å². The Morgan fingerprint density at radius 3 is 1.89 bits per heavy atom. The Kier molecular flexibility index (Phi) is 4.14. The number of carbonyl (C=O) groups is 1. The molecule has 1 aliphatic heterocycles. The molecule has 6 rings (SSSR count). The van der Waals surface area contributed by atoms with Crippen LogP contribution in [0.5, 0.6) is 0 Å². The molecule has 27 heavy (non-hydrogen) atoms. The van der Waals surface area contributed by atoms with E-state index in [1.807, 2.05) is 0 Å². The first-order valence-corrected chi connectivity index (χ1v) is 13.6. The maximum atomic E-state index is 13.4. The average molecular weight is 385 g/mol. The Balaban J connectivity index is 1.40. The maximum Gasteiger partial charge on any atom is 0.176 e. The quantitative estimate of drug-likeness (QED) is 0.553. The molecule has 0 unspecified atom stereocenters. The number of ketones is 1. The molecule has 4 aliphatic carbocycles. The SMILES string of the molecule is CC(C)(C(=O)c1ccc(C23CC4CC(CC(C4)C2)C3)cc1)S1(C)CCCC1. The van der Waals surface area contributed by atoms with E-state index in [1.54, 1.807) is 0 Å². The van der Waals surface area contributed by atoms with Crippen LogP contribution in [0.2, 0.25) is 0 Å². The molecular weight excluding hydrogens is 348 g/mol. The third-order valence-corrected chi connectivity index (χ3v) is 14.0. The molecule has 0 radical (unpaired) electrons. The molecule has 4 bridgehead atoms. The van der Waals surface area contributed by atoms with Crippen LogP contribution in [0.25, 0.3) is 0 Å². The Hall–Kier alpha value is -0.760. The summed E-state index contributed by atoms with van der Waals surface area (Å²) in [6, 6.07) is 9.02. The Morgan fingerprint density at radius 2 is 1.41 bits per heavy atom. The zero-order valence-corrected chi connectivity index (χ0v) is 18.2. The molecule has 2 heteroatoms. The molecule has 1 aromatic carbocycles. The minimum atomic E-state index is -0.826. The Labute approximate surface area is 167 Å². The second kappa shape index (κ2) is 6.12. The van der Waals surface area contributed by atoms with Crippen LogP contribution in [0.15, 0.2) is 24.3 Å². The molecule has 1 saturated heterocycles. The molecule has 0 spiro atoms. The standard InChI is InChI=1S/C25H36OS/c1-24(2,27(3)10-4-5-11-27)23(26)21-6-8-22(9-7-21)25-15-18-12-19(16-25)14-20(13-18)17-25/h6-9,18-20H,4-5,10-17H2,1-3H3. The molecule has 1 aromatic rings. The summed E-state index contributed by atoms with van der Waals surface area (Å²) in [6.07, 6.45) is 13.7. The van der Waals surface area contributed by atoms with Crippen molar-refractivity contribution in [1.82, 2.24) is 0 Å². The molecule has 5 fully saturated rings. The fraction of sp³-hybridized carbons (Fsp3) is 0.720. The predicted molar refractivity (Wildman–Crippen MR) is 117 cm³/mol. The van der Waals surface area contributed by atoms with Gasteiger partial charge in [-0.2, -0.15) is 0 Å². The summed E-state index contributed by atoms with van der Waals surface area (Å²) in [5.41, 5.74) is 2.93. The van der Waals surface area contributed by atoms with Gasteiger partial charge in [-0.05, 0) is 112 Å². The van der Waals surface area contributed by atoms with Crippen molar-refractivity contribution >= 4 is 15.8 Å². The van der Waals surface area contributed by atoms with E-state index < -0.39 is 10.0 Å². The van der Waals surface area contributed by atoms with Gasteiger partial charge in [0.25, 0.3) is 0 Å². The van der Waals surface area contributed by atoms with E-state index in [0.717, 1.165) is 23.3 Å². The van der Waals surface area contributed by atoms with Crippen molar-refractivity contribution in [2.75, 3.05) is 17.8 Å². The van der Waals surface area contributed by atoms with Crippen LogP contribution >= 0.6 is 10.0 Å². The van der Waals surface area contributed by atoms with Gasteiger partial charge < -0.3 is 0 Å². The monoisotopic (exact) mass is 384 g/mol. The Morgan fingerprint density at radius 1 is 0.926 bits per heavy atom. The van der Waals surface area contributed by atoms with Gasteiger partial charge in [0.05, 0.1) is 4.75 Å². The van der Waals surface area contributed by atoms with Gasteiger partial charge in [-0.3, -0.25) is 4.79 Å². The minimum absolute atomic E-state index is 0.189. The third kappa shape index (κ3) is 2.76. The van der Waals surface area contributed by atoms with Crippen LogP contribution in [0.3, 0.4) is 0 Å². The summed E-state index contributed by atoms with van der Waals surface area (Å²) in [4.78, 5) is 13.4. The van der Waals surface area contributed by atoms with E-state index in [-0.39, 0.29) is 4.75 Å². The number of carbonyl (C=O) groups excluding carboxylic acids is 1. The van der Waals surface area contributed by atoms with Crippen LogP contribution in [0.4, 0.5) is 0 Å². The summed E-state index contributed by atoms with van der Waals surface area (Å²) < 4.78 is -0.189. The van der Waals surface area contributed by atoms with Gasteiger partial charge in [-0.25, -0.2) is 10.0 Å². The van der Waals surface area contributed by atoms with Crippen molar-refractivity contribution in [2.24, 2.45) is 17.8 Å². The molecule has 0 amide bonds. The van der Waals surface area contributed by atoms with Gasteiger partial charge in [0, 0.05) is 5.56 Å². The second-order valence-corrected chi connectivity index (χ2v) is 15.4. The number of Topliss-reactive ketones (excluding diaryl/α,β-unsaturated/α-hetero) is 1. The highest BCUT2D eigenvalue weighted by molar-refractivity contribution is 8.34. The van der Waals surface area contributed by atoms with Crippen LogP contribution in [0, 0.1) is 17.8 Å². The summed E-state index contributed by atoms with van der Waals surface area (Å²) in [6.45, 7) is 4.45. The van der Waals surface area contributed by atoms with Crippen LogP contribution in [0.1, 0.15) is 81.1 Å². The summed E-state index contributed by atoms with van der Waals surface area (Å²) in [5.74, 6) is 5.86. The molecule has 5 aliphatic rings. The van der Waals surface area contributed by atoms with Gasteiger partial charge in [0.15, 0.2) is 5.78 Å². The molecule has 4 saturated carbocycles. The molecule has 1 nitrogen and oxygen atoms in total. The highest BCUT2D eigenvalue weighted by atomic mass is 32.3. The number of hydrogen-bond donors (Lipinski definition) is 0. The van der Waals surface area contributed by atoms with Crippen molar-refractivity contribution in [2.45, 2.75) is 75.4 Å². The average Bonchev–Trinajstić information content (AvgIpc) is 3.08. The zero-order valence-electron chi connectivity index (χ0n) is 17.4. The van der Waals surface area contributed by atoms with Gasteiger partial charge >= 0.3 is 0 Å². The Bertz CT molecular complexity index is 703. The lowest BCUT2D eigenvalue weighted by Crippen LogP contribution is -2.48. The third-order valence-electron chi connectivity index (χ3n) is 9.02.